The SMILES string of the molecule is CCc1nc(NCC2(C)CCCNC2)cc(=O)[nH]1. The Morgan fingerprint density at radius 1 is 1.56 bits per heavy atom. The maximum atomic E-state index is 11.5. The highest BCUT2D eigenvalue weighted by Gasteiger charge is 2.26. The van der Waals surface area contributed by atoms with Crippen LogP contribution in [0.4, 0.5) is 5.82 Å². The summed E-state index contributed by atoms with van der Waals surface area (Å²) in [6.45, 7) is 7.22. The van der Waals surface area contributed by atoms with E-state index in [2.05, 4.69) is 27.5 Å². The van der Waals surface area contributed by atoms with Gasteiger partial charge in [-0.2, -0.15) is 0 Å². The molecule has 1 fully saturated rings. The predicted octanol–water partition coefficient (Wildman–Crippen LogP) is 1.13. The molecule has 5 heteroatoms. The molecule has 1 aliphatic heterocycles. The summed E-state index contributed by atoms with van der Waals surface area (Å²) in [5.41, 5.74) is 0.158. The topological polar surface area (TPSA) is 69.8 Å². The van der Waals surface area contributed by atoms with Crippen molar-refractivity contribution in [2.24, 2.45) is 5.41 Å². The molecular weight excluding hydrogens is 228 g/mol. The molecule has 1 aliphatic rings. The molecule has 1 atom stereocenters. The molecule has 0 aromatic carbocycles. The van der Waals surface area contributed by atoms with Crippen LogP contribution in [0.1, 0.15) is 32.5 Å². The zero-order chi connectivity index (χ0) is 13.0. The van der Waals surface area contributed by atoms with Crippen molar-refractivity contribution < 1.29 is 0 Å². The molecule has 3 N–H and O–H groups in total. The maximum Gasteiger partial charge on any atom is 0.252 e. The van der Waals surface area contributed by atoms with Gasteiger partial charge in [0, 0.05) is 25.6 Å². The van der Waals surface area contributed by atoms with Gasteiger partial charge in [0.05, 0.1) is 0 Å². The Hall–Kier alpha value is -1.36. The average molecular weight is 250 g/mol. The van der Waals surface area contributed by atoms with Crippen molar-refractivity contribution in [1.82, 2.24) is 15.3 Å². The minimum Gasteiger partial charge on any atom is -0.369 e. The van der Waals surface area contributed by atoms with Gasteiger partial charge in [-0.1, -0.05) is 13.8 Å². The van der Waals surface area contributed by atoms with Gasteiger partial charge in [-0.25, -0.2) is 4.98 Å². The van der Waals surface area contributed by atoms with E-state index in [9.17, 15) is 4.79 Å². The number of hydrogen-bond donors (Lipinski definition) is 3. The van der Waals surface area contributed by atoms with Gasteiger partial charge in [-0.15, -0.1) is 0 Å². The van der Waals surface area contributed by atoms with Crippen LogP contribution in [-0.4, -0.2) is 29.6 Å². The van der Waals surface area contributed by atoms with E-state index in [1.807, 2.05) is 6.92 Å². The van der Waals surface area contributed by atoms with E-state index in [-0.39, 0.29) is 11.0 Å². The lowest BCUT2D eigenvalue weighted by Crippen LogP contribution is -2.42. The number of nitrogens with one attached hydrogen (secondary N) is 3. The number of rotatable bonds is 4. The first-order valence-electron chi connectivity index (χ1n) is 6.66. The third-order valence-corrected chi connectivity index (χ3v) is 3.51. The Bertz CT molecular complexity index is 449. The predicted molar refractivity (Wildman–Crippen MR) is 72.9 cm³/mol. The van der Waals surface area contributed by atoms with Crippen LogP contribution in [0.3, 0.4) is 0 Å². The lowest BCUT2D eigenvalue weighted by Gasteiger charge is -2.34. The molecule has 2 heterocycles. The van der Waals surface area contributed by atoms with E-state index >= 15 is 0 Å². The molecule has 0 aliphatic carbocycles. The highest BCUT2D eigenvalue weighted by Crippen LogP contribution is 2.25. The van der Waals surface area contributed by atoms with Crippen molar-refractivity contribution in [1.29, 1.82) is 0 Å². The Morgan fingerprint density at radius 2 is 2.39 bits per heavy atom. The van der Waals surface area contributed by atoms with Crippen LogP contribution < -0.4 is 16.2 Å². The summed E-state index contributed by atoms with van der Waals surface area (Å²) in [5.74, 6) is 1.42. The second-order valence-corrected chi connectivity index (χ2v) is 5.38. The zero-order valence-electron chi connectivity index (χ0n) is 11.2. The smallest absolute Gasteiger partial charge is 0.252 e. The van der Waals surface area contributed by atoms with E-state index in [0.717, 1.165) is 31.9 Å². The van der Waals surface area contributed by atoms with Gasteiger partial charge in [0.2, 0.25) is 0 Å². The lowest BCUT2D eigenvalue weighted by atomic mass is 9.83. The van der Waals surface area contributed by atoms with Gasteiger partial charge >= 0.3 is 0 Å². The van der Waals surface area contributed by atoms with Crippen LogP contribution in [0.25, 0.3) is 0 Å². The highest BCUT2D eigenvalue weighted by molar-refractivity contribution is 5.33. The Morgan fingerprint density at radius 3 is 3.06 bits per heavy atom. The monoisotopic (exact) mass is 250 g/mol. The van der Waals surface area contributed by atoms with Gasteiger partial charge in [-0.05, 0) is 24.8 Å². The van der Waals surface area contributed by atoms with Crippen LogP contribution in [0.2, 0.25) is 0 Å². The van der Waals surface area contributed by atoms with Gasteiger partial charge in [0.15, 0.2) is 0 Å². The Labute approximate surface area is 107 Å². The fourth-order valence-corrected chi connectivity index (χ4v) is 2.34. The molecule has 100 valence electrons. The van der Waals surface area contributed by atoms with Gasteiger partial charge in [-0.3, -0.25) is 4.79 Å². The third-order valence-electron chi connectivity index (χ3n) is 3.51. The summed E-state index contributed by atoms with van der Waals surface area (Å²) in [6.07, 6.45) is 3.15. The molecule has 1 unspecified atom stereocenters. The molecule has 18 heavy (non-hydrogen) atoms. The van der Waals surface area contributed by atoms with E-state index in [1.165, 1.54) is 18.9 Å². The molecule has 1 saturated heterocycles. The van der Waals surface area contributed by atoms with Crippen molar-refractivity contribution in [2.75, 3.05) is 25.0 Å². The molecule has 0 saturated carbocycles. The number of aromatic amines is 1. The summed E-state index contributed by atoms with van der Waals surface area (Å²) in [7, 11) is 0. The zero-order valence-corrected chi connectivity index (χ0v) is 11.2. The van der Waals surface area contributed by atoms with Gasteiger partial charge in [0.25, 0.3) is 5.56 Å². The molecule has 0 radical (unpaired) electrons. The van der Waals surface area contributed by atoms with E-state index in [0.29, 0.717) is 5.82 Å². The summed E-state index contributed by atoms with van der Waals surface area (Å²) in [4.78, 5) is 18.6. The van der Waals surface area contributed by atoms with E-state index < -0.39 is 0 Å². The fourth-order valence-electron chi connectivity index (χ4n) is 2.34. The molecule has 0 bridgehead atoms. The molecule has 1 aromatic rings. The first-order valence-corrected chi connectivity index (χ1v) is 6.66. The number of H-pyrrole nitrogens is 1. The van der Waals surface area contributed by atoms with Crippen LogP contribution in [0.5, 0.6) is 0 Å². The van der Waals surface area contributed by atoms with Crippen molar-refractivity contribution in [3.8, 4) is 0 Å². The molecule has 0 spiro atoms. The molecule has 2 rings (SSSR count). The summed E-state index contributed by atoms with van der Waals surface area (Å²) in [5, 5.41) is 6.72. The van der Waals surface area contributed by atoms with Gasteiger partial charge < -0.3 is 15.6 Å². The van der Waals surface area contributed by atoms with Crippen molar-refractivity contribution in [3.63, 3.8) is 0 Å². The number of nitrogens with zero attached hydrogens (tertiary/aromatic N) is 1. The first kappa shape index (κ1) is 13.1. The second-order valence-electron chi connectivity index (χ2n) is 5.38. The summed E-state index contributed by atoms with van der Waals surface area (Å²) in [6, 6.07) is 1.53. The second kappa shape index (κ2) is 5.52. The van der Waals surface area contributed by atoms with Crippen molar-refractivity contribution >= 4 is 5.82 Å². The summed E-state index contributed by atoms with van der Waals surface area (Å²) < 4.78 is 0. The highest BCUT2D eigenvalue weighted by atomic mass is 16.1. The number of aromatic nitrogens is 2. The minimum absolute atomic E-state index is 0.0868. The van der Waals surface area contributed by atoms with Crippen LogP contribution in [0.15, 0.2) is 10.9 Å². The van der Waals surface area contributed by atoms with E-state index in [1.54, 1.807) is 0 Å². The normalized spacial score (nSPS) is 23.9. The number of aryl methyl sites for hydroxylation is 1. The standard InChI is InChI=1S/C13H22N4O/c1-3-10-16-11(7-12(18)17-10)15-9-13(2)5-4-6-14-8-13/h7,14H,3-6,8-9H2,1-2H3,(H2,15,16,17,18). The number of hydrogen-bond acceptors (Lipinski definition) is 4. The minimum atomic E-state index is -0.0868. The van der Waals surface area contributed by atoms with Crippen molar-refractivity contribution in [2.45, 2.75) is 33.1 Å². The molecule has 0 amide bonds. The van der Waals surface area contributed by atoms with Crippen LogP contribution in [-0.2, 0) is 6.42 Å². The molecule has 5 nitrogen and oxygen atoms in total. The van der Waals surface area contributed by atoms with E-state index in [4.69, 9.17) is 0 Å². The average Bonchev–Trinajstić information content (AvgIpc) is 2.37. The Balaban J connectivity index is 2.01. The third kappa shape index (κ3) is 3.32. The number of piperidine rings is 1. The van der Waals surface area contributed by atoms with Crippen LogP contribution >= 0.6 is 0 Å². The quantitative estimate of drug-likeness (QED) is 0.749. The first-order chi connectivity index (χ1) is 8.61. The molecule has 1 aromatic heterocycles. The summed E-state index contributed by atoms with van der Waals surface area (Å²) >= 11 is 0. The lowest BCUT2D eigenvalue weighted by molar-refractivity contribution is 0.253. The maximum absolute atomic E-state index is 11.5. The van der Waals surface area contributed by atoms with Crippen molar-refractivity contribution in [3.05, 3.63) is 22.2 Å². The largest absolute Gasteiger partial charge is 0.369 e. The fraction of sp³-hybridized carbons (Fsp3) is 0.692. The Kier molecular flexibility index (Phi) is 4.01. The van der Waals surface area contributed by atoms with Crippen LogP contribution in [0, 0.1) is 5.41 Å². The number of anilines is 1. The van der Waals surface area contributed by atoms with Gasteiger partial charge in [0.1, 0.15) is 11.6 Å². The molecular formula is C13H22N4O.